The topological polar surface area (TPSA) is 78.4 Å². The van der Waals surface area contributed by atoms with Crippen LogP contribution in [0.3, 0.4) is 0 Å². The van der Waals surface area contributed by atoms with Crippen LogP contribution in [-0.2, 0) is 4.79 Å². The number of fused-ring (bicyclic) bond motifs is 1. The lowest BCUT2D eigenvalue weighted by Gasteiger charge is -2.60. The van der Waals surface area contributed by atoms with Gasteiger partial charge in [-0.3, -0.25) is 4.79 Å². The predicted molar refractivity (Wildman–Crippen MR) is 124 cm³/mol. The summed E-state index contributed by atoms with van der Waals surface area (Å²) >= 11 is 0. The molecule has 4 saturated carbocycles. The smallest absolute Gasteiger partial charge is 0.226 e. The number of hydrogen-bond acceptors (Lipinski definition) is 5. The highest BCUT2D eigenvalue weighted by Gasteiger charge is 2.57. The molecule has 7 rings (SSSR count). The summed E-state index contributed by atoms with van der Waals surface area (Å²) in [5.41, 5.74) is 2.51. The van der Waals surface area contributed by atoms with Gasteiger partial charge in [-0.05, 0) is 89.2 Å². The number of amides is 1. The van der Waals surface area contributed by atoms with E-state index in [1.165, 1.54) is 12.0 Å². The number of piperidine rings is 1. The maximum atomic E-state index is 13.2. The highest BCUT2D eigenvalue weighted by atomic mass is 16.3. The van der Waals surface area contributed by atoms with Crippen molar-refractivity contribution in [3.05, 3.63) is 29.5 Å². The van der Waals surface area contributed by atoms with Crippen LogP contribution in [0.15, 0.2) is 18.2 Å². The molecular formula is C26H34N4O2. The van der Waals surface area contributed by atoms with Crippen LogP contribution in [0.4, 0.5) is 5.95 Å². The molecule has 1 saturated heterocycles. The van der Waals surface area contributed by atoms with E-state index in [0.29, 0.717) is 11.8 Å². The fourth-order valence-electron chi connectivity index (χ4n) is 7.59. The van der Waals surface area contributed by atoms with Crippen molar-refractivity contribution < 1.29 is 9.90 Å². The molecule has 1 amide bonds. The quantitative estimate of drug-likeness (QED) is 0.771. The molecule has 2 atom stereocenters. The van der Waals surface area contributed by atoms with Gasteiger partial charge in [-0.2, -0.15) is 0 Å². The molecule has 4 bridgehead atoms. The second-order valence-electron chi connectivity index (χ2n) is 11.3. The Balaban J connectivity index is 1.12. The summed E-state index contributed by atoms with van der Waals surface area (Å²) in [5.74, 6) is 2.18. The molecule has 0 spiro atoms. The van der Waals surface area contributed by atoms with E-state index >= 15 is 0 Å². The van der Waals surface area contributed by atoms with Crippen molar-refractivity contribution in [3.63, 3.8) is 0 Å². The fourth-order valence-corrected chi connectivity index (χ4v) is 7.59. The molecule has 0 radical (unpaired) electrons. The van der Waals surface area contributed by atoms with Gasteiger partial charge in [-0.1, -0.05) is 11.6 Å². The van der Waals surface area contributed by atoms with E-state index in [9.17, 15) is 9.90 Å². The first kappa shape index (κ1) is 20.4. The third kappa shape index (κ3) is 3.47. The first-order chi connectivity index (χ1) is 15.3. The van der Waals surface area contributed by atoms with E-state index in [1.807, 2.05) is 6.92 Å². The zero-order valence-corrected chi connectivity index (χ0v) is 19.2. The zero-order chi connectivity index (χ0) is 22.1. The highest BCUT2D eigenvalue weighted by Crippen LogP contribution is 2.57. The molecule has 2 heterocycles. The number of rotatable bonds is 3. The van der Waals surface area contributed by atoms with Crippen LogP contribution in [0.5, 0.6) is 0 Å². The molecular weight excluding hydrogens is 400 g/mol. The molecule has 1 aliphatic heterocycles. The van der Waals surface area contributed by atoms with Crippen molar-refractivity contribution in [2.24, 2.45) is 17.8 Å². The minimum Gasteiger partial charge on any atom is -0.390 e. The van der Waals surface area contributed by atoms with E-state index in [4.69, 9.17) is 9.97 Å². The van der Waals surface area contributed by atoms with Crippen LogP contribution in [0.25, 0.3) is 10.9 Å². The summed E-state index contributed by atoms with van der Waals surface area (Å²) in [6.07, 6.45) is 7.62. The Kier molecular flexibility index (Phi) is 4.55. The standard InChI is InChI=1S/C26H34N4O2/c1-16-3-4-22-21(9-16)17(2)27-24(28-22)30-7-5-20(6-8-30)23(31)29-25-11-18-10-19(12-25)14-26(32,13-18)15-25/h3-4,9,18-20,32H,5-8,10-15H2,1-2H3,(H,29,31). The Morgan fingerprint density at radius 3 is 2.50 bits per heavy atom. The lowest BCUT2D eigenvalue weighted by Crippen LogP contribution is -2.66. The number of hydrogen-bond donors (Lipinski definition) is 2. The number of benzene rings is 1. The van der Waals surface area contributed by atoms with Gasteiger partial charge in [0, 0.05) is 29.9 Å². The van der Waals surface area contributed by atoms with Gasteiger partial charge in [-0.25, -0.2) is 9.97 Å². The molecule has 32 heavy (non-hydrogen) atoms. The van der Waals surface area contributed by atoms with E-state index in [1.54, 1.807) is 0 Å². The number of carbonyl (C=O) groups is 1. The third-order valence-electron chi connectivity index (χ3n) is 8.60. The zero-order valence-electron chi connectivity index (χ0n) is 19.2. The molecule has 4 aliphatic carbocycles. The van der Waals surface area contributed by atoms with Gasteiger partial charge in [0.2, 0.25) is 11.9 Å². The van der Waals surface area contributed by atoms with Crippen molar-refractivity contribution in [1.29, 1.82) is 0 Å². The van der Waals surface area contributed by atoms with Crippen LogP contribution in [0, 0.1) is 31.6 Å². The summed E-state index contributed by atoms with van der Waals surface area (Å²) in [4.78, 5) is 25.1. The Morgan fingerprint density at radius 1 is 1.09 bits per heavy atom. The summed E-state index contributed by atoms with van der Waals surface area (Å²) in [5, 5.41) is 15.6. The Bertz CT molecular complexity index is 1060. The van der Waals surface area contributed by atoms with Crippen LogP contribution < -0.4 is 10.2 Å². The van der Waals surface area contributed by atoms with Crippen molar-refractivity contribution >= 4 is 22.8 Å². The second-order valence-corrected chi connectivity index (χ2v) is 11.3. The van der Waals surface area contributed by atoms with Gasteiger partial charge in [0.25, 0.3) is 0 Å². The van der Waals surface area contributed by atoms with Gasteiger partial charge >= 0.3 is 0 Å². The largest absolute Gasteiger partial charge is 0.390 e. The number of aromatic nitrogens is 2. The van der Waals surface area contributed by atoms with Gasteiger partial charge in [0.15, 0.2) is 0 Å². The maximum absolute atomic E-state index is 13.2. The average molecular weight is 435 g/mol. The number of aryl methyl sites for hydroxylation is 2. The first-order valence-electron chi connectivity index (χ1n) is 12.3. The van der Waals surface area contributed by atoms with E-state index in [0.717, 1.165) is 80.6 Å². The summed E-state index contributed by atoms with van der Waals surface area (Å²) in [6, 6.07) is 6.31. The average Bonchev–Trinajstić information content (AvgIpc) is 2.72. The number of aliphatic hydroxyl groups is 1. The summed E-state index contributed by atoms with van der Waals surface area (Å²) in [7, 11) is 0. The van der Waals surface area contributed by atoms with Crippen molar-refractivity contribution in [2.45, 2.75) is 76.4 Å². The Hall–Kier alpha value is -2.21. The second kappa shape index (κ2) is 7.14. The van der Waals surface area contributed by atoms with E-state index < -0.39 is 5.60 Å². The first-order valence-corrected chi connectivity index (χ1v) is 12.3. The molecule has 2 N–H and O–H groups in total. The van der Waals surface area contributed by atoms with E-state index in [2.05, 4.69) is 35.3 Å². The third-order valence-corrected chi connectivity index (χ3v) is 8.60. The van der Waals surface area contributed by atoms with Crippen LogP contribution in [-0.4, -0.2) is 45.2 Å². The number of carbonyl (C=O) groups excluding carboxylic acids is 1. The highest BCUT2D eigenvalue weighted by molar-refractivity contribution is 5.83. The van der Waals surface area contributed by atoms with Crippen LogP contribution >= 0.6 is 0 Å². The fraction of sp³-hybridized carbons (Fsp3) is 0.654. The molecule has 5 aliphatic rings. The number of anilines is 1. The molecule has 5 fully saturated rings. The van der Waals surface area contributed by atoms with Crippen molar-refractivity contribution in [3.8, 4) is 0 Å². The molecule has 6 nitrogen and oxygen atoms in total. The SMILES string of the molecule is Cc1ccc2nc(N3CCC(C(=O)NC45CC6CC(CC(O)(C6)C4)C5)CC3)nc(C)c2c1. The Morgan fingerprint density at radius 2 is 1.81 bits per heavy atom. The lowest BCUT2D eigenvalue weighted by molar-refractivity contribution is -0.153. The molecule has 1 aromatic heterocycles. The minimum absolute atomic E-state index is 0.0399. The van der Waals surface area contributed by atoms with Gasteiger partial charge in [-0.15, -0.1) is 0 Å². The monoisotopic (exact) mass is 434 g/mol. The molecule has 170 valence electrons. The van der Waals surface area contributed by atoms with Crippen LogP contribution in [0.2, 0.25) is 0 Å². The molecule has 2 aromatic rings. The molecule has 2 unspecified atom stereocenters. The molecule has 6 heteroatoms. The van der Waals surface area contributed by atoms with Gasteiger partial charge in [0.05, 0.1) is 16.8 Å². The normalized spacial score (nSPS) is 34.3. The number of nitrogens with zero attached hydrogens (tertiary/aromatic N) is 3. The number of nitrogens with one attached hydrogen (secondary N) is 1. The molecule has 1 aromatic carbocycles. The van der Waals surface area contributed by atoms with Gasteiger partial charge < -0.3 is 15.3 Å². The maximum Gasteiger partial charge on any atom is 0.226 e. The van der Waals surface area contributed by atoms with Crippen molar-refractivity contribution in [2.75, 3.05) is 18.0 Å². The summed E-state index contributed by atoms with van der Waals surface area (Å²) < 4.78 is 0. The van der Waals surface area contributed by atoms with Gasteiger partial charge in [0.1, 0.15) is 0 Å². The predicted octanol–water partition coefficient (Wildman–Crippen LogP) is 3.66. The van der Waals surface area contributed by atoms with E-state index in [-0.39, 0.29) is 17.4 Å². The Labute approximate surface area is 189 Å². The minimum atomic E-state index is -0.537. The summed E-state index contributed by atoms with van der Waals surface area (Å²) in [6.45, 7) is 5.74. The lowest BCUT2D eigenvalue weighted by atomic mass is 9.51. The van der Waals surface area contributed by atoms with Crippen LogP contribution in [0.1, 0.15) is 62.6 Å². The van der Waals surface area contributed by atoms with Crippen molar-refractivity contribution in [1.82, 2.24) is 15.3 Å².